The van der Waals surface area contributed by atoms with Crippen LogP contribution in [0.15, 0.2) is 24.4 Å². The summed E-state index contributed by atoms with van der Waals surface area (Å²) in [5, 5.41) is 8.54. The van der Waals surface area contributed by atoms with Crippen molar-refractivity contribution in [2.24, 2.45) is 7.05 Å². The molecule has 112 valence electrons. The summed E-state index contributed by atoms with van der Waals surface area (Å²) in [6.07, 6.45) is 3.75. The quantitative estimate of drug-likeness (QED) is 0.922. The second-order valence-electron chi connectivity index (χ2n) is 5.35. The Morgan fingerprint density at radius 2 is 2.33 bits per heavy atom. The molecule has 21 heavy (non-hydrogen) atoms. The summed E-state index contributed by atoms with van der Waals surface area (Å²) in [4.78, 5) is 0. The van der Waals surface area contributed by atoms with E-state index in [1.54, 1.807) is 6.20 Å². The maximum absolute atomic E-state index is 6.34. The van der Waals surface area contributed by atoms with Crippen LogP contribution in [0.4, 0.5) is 0 Å². The summed E-state index contributed by atoms with van der Waals surface area (Å²) in [6.45, 7) is 3.86. The SMILES string of the molecule is CCCNC(c1ccc2c(c1)CCO2)c1c(Cl)cnn1C. The molecule has 2 aromatic rings. The Morgan fingerprint density at radius 3 is 3.05 bits per heavy atom. The van der Waals surface area contributed by atoms with Crippen molar-refractivity contribution < 1.29 is 4.74 Å². The van der Waals surface area contributed by atoms with Gasteiger partial charge in [-0.1, -0.05) is 30.7 Å². The fraction of sp³-hybridized carbons (Fsp3) is 0.438. The number of aromatic nitrogens is 2. The number of rotatable bonds is 5. The van der Waals surface area contributed by atoms with Crippen molar-refractivity contribution in [3.8, 4) is 5.75 Å². The zero-order valence-corrected chi connectivity index (χ0v) is 13.2. The molecule has 1 aliphatic rings. The van der Waals surface area contributed by atoms with E-state index in [0.29, 0.717) is 5.02 Å². The van der Waals surface area contributed by atoms with E-state index in [9.17, 15) is 0 Å². The highest BCUT2D eigenvalue weighted by molar-refractivity contribution is 6.31. The van der Waals surface area contributed by atoms with Gasteiger partial charge in [0.25, 0.3) is 0 Å². The molecular weight excluding hydrogens is 286 g/mol. The highest BCUT2D eigenvalue weighted by Gasteiger charge is 2.22. The predicted octanol–water partition coefficient (Wildman–Crippen LogP) is 3.10. The maximum atomic E-state index is 6.34. The Hall–Kier alpha value is -1.52. The second kappa shape index (κ2) is 6.08. The first kappa shape index (κ1) is 14.4. The molecule has 0 saturated carbocycles. The summed E-state index contributed by atoms with van der Waals surface area (Å²) in [6, 6.07) is 6.44. The number of halogens is 1. The van der Waals surface area contributed by atoms with E-state index in [1.165, 1.54) is 11.1 Å². The molecule has 1 aliphatic heterocycles. The lowest BCUT2D eigenvalue weighted by molar-refractivity contribution is 0.356. The third-order valence-electron chi connectivity index (χ3n) is 3.86. The predicted molar refractivity (Wildman–Crippen MR) is 84.0 cm³/mol. The number of hydrogen-bond acceptors (Lipinski definition) is 3. The standard InChI is InChI=1S/C16H20ClN3O/c1-3-7-18-15(16-13(17)10-19-20(16)2)12-4-5-14-11(9-12)6-8-21-14/h4-5,9-10,15,18H,3,6-8H2,1-2H3. The van der Waals surface area contributed by atoms with E-state index in [4.69, 9.17) is 16.3 Å². The van der Waals surface area contributed by atoms with Gasteiger partial charge < -0.3 is 10.1 Å². The molecule has 3 rings (SSSR count). The molecule has 0 amide bonds. The van der Waals surface area contributed by atoms with Crippen molar-refractivity contribution in [2.75, 3.05) is 13.2 Å². The van der Waals surface area contributed by atoms with Gasteiger partial charge in [0.05, 0.1) is 29.6 Å². The minimum absolute atomic E-state index is 0.0517. The summed E-state index contributed by atoms with van der Waals surface area (Å²) >= 11 is 6.34. The third kappa shape index (κ3) is 2.78. The van der Waals surface area contributed by atoms with Crippen LogP contribution in [-0.2, 0) is 13.5 Å². The lowest BCUT2D eigenvalue weighted by Crippen LogP contribution is -2.25. The lowest BCUT2D eigenvalue weighted by atomic mass is 10.00. The molecule has 1 aromatic heterocycles. The summed E-state index contributed by atoms with van der Waals surface area (Å²) in [5.74, 6) is 1.00. The summed E-state index contributed by atoms with van der Waals surface area (Å²) < 4.78 is 7.44. The van der Waals surface area contributed by atoms with Gasteiger partial charge >= 0.3 is 0 Å². The van der Waals surface area contributed by atoms with Gasteiger partial charge in [-0.2, -0.15) is 5.10 Å². The Balaban J connectivity index is 1.99. The third-order valence-corrected chi connectivity index (χ3v) is 4.15. The molecule has 1 aromatic carbocycles. The Morgan fingerprint density at radius 1 is 1.48 bits per heavy atom. The van der Waals surface area contributed by atoms with Crippen LogP contribution in [0, 0.1) is 0 Å². The van der Waals surface area contributed by atoms with Crippen LogP contribution in [0.5, 0.6) is 5.75 Å². The Bertz CT molecular complexity index is 619. The first-order valence-electron chi connectivity index (χ1n) is 7.37. The minimum atomic E-state index is 0.0517. The Kier molecular flexibility index (Phi) is 4.17. The summed E-state index contributed by atoms with van der Waals surface area (Å²) in [7, 11) is 1.93. The molecule has 1 atom stereocenters. The average Bonchev–Trinajstić information content (AvgIpc) is 3.07. The van der Waals surface area contributed by atoms with E-state index in [-0.39, 0.29) is 6.04 Å². The first-order valence-corrected chi connectivity index (χ1v) is 7.75. The van der Waals surface area contributed by atoms with Crippen LogP contribution < -0.4 is 10.1 Å². The average molecular weight is 306 g/mol. The van der Waals surface area contributed by atoms with Gasteiger partial charge in [0.15, 0.2) is 0 Å². The van der Waals surface area contributed by atoms with Gasteiger partial charge in [0.1, 0.15) is 5.75 Å². The molecule has 0 radical (unpaired) electrons. The Labute approximate surface area is 130 Å². The topological polar surface area (TPSA) is 39.1 Å². The van der Waals surface area contributed by atoms with Crippen LogP contribution in [0.1, 0.15) is 36.2 Å². The van der Waals surface area contributed by atoms with Gasteiger partial charge in [-0.3, -0.25) is 4.68 Å². The first-order chi connectivity index (χ1) is 10.2. The highest BCUT2D eigenvalue weighted by atomic mass is 35.5. The van der Waals surface area contributed by atoms with Crippen LogP contribution in [0.3, 0.4) is 0 Å². The van der Waals surface area contributed by atoms with Crippen molar-refractivity contribution in [1.29, 1.82) is 0 Å². The zero-order chi connectivity index (χ0) is 14.8. The monoisotopic (exact) mass is 305 g/mol. The van der Waals surface area contributed by atoms with E-state index >= 15 is 0 Å². The zero-order valence-electron chi connectivity index (χ0n) is 12.4. The van der Waals surface area contributed by atoms with Gasteiger partial charge in [-0.15, -0.1) is 0 Å². The molecule has 0 fully saturated rings. The van der Waals surface area contributed by atoms with E-state index in [1.807, 2.05) is 11.7 Å². The number of ether oxygens (including phenoxy) is 1. The molecule has 0 bridgehead atoms. The van der Waals surface area contributed by atoms with Crippen molar-refractivity contribution in [2.45, 2.75) is 25.8 Å². The number of hydrogen-bond donors (Lipinski definition) is 1. The molecule has 4 nitrogen and oxygen atoms in total. The van der Waals surface area contributed by atoms with Gasteiger partial charge in [0.2, 0.25) is 0 Å². The molecule has 0 aliphatic carbocycles. The number of aryl methyl sites for hydroxylation is 1. The van der Waals surface area contributed by atoms with E-state index in [2.05, 4.69) is 35.5 Å². The molecule has 1 unspecified atom stereocenters. The largest absolute Gasteiger partial charge is 0.493 e. The molecule has 5 heteroatoms. The van der Waals surface area contributed by atoms with Crippen molar-refractivity contribution in [1.82, 2.24) is 15.1 Å². The van der Waals surface area contributed by atoms with Gasteiger partial charge in [-0.25, -0.2) is 0 Å². The fourth-order valence-corrected chi connectivity index (χ4v) is 3.07. The van der Waals surface area contributed by atoms with Crippen LogP contribution >= 0.6 is 11.6 Å². The van der Waals surface area contributed by atoms with Crippen molar-refractivity contribution in [3.63, 3.8) is 0 Å². The lowest BCUT2D eigenvalue weighted by Gasteiger charge is -2.20. The molecule has 0 saturated heterocycles. The minimum Gasteiger partial charge on any atom is -0.493 e. The molecule has 2 heterocycles. The van der Waals surface area contributed by atoms with Gasteiger partial charge in [0, 0.05) is 13.5 Å². The normalized spacial score (nSPS) is 14.8. The van der Waals surface area contributed by atoms with Crippen LogP contribution in [0.25, 0.3) is 0 Å². The van der Waals surface area contributed by atoms with E-state index < -0.39 is 0 Å². The van der Waals surface area contributed by atoms with Crippen molar-refractivity contribution in [3.05, 3.63) is 46.2 Å². The second-order valence-corrected chi connectivity index (χ2v) is 5.76. The number of nitrogens with one attached hydrogen (secondary N) is 1. The maximum Gasteiger partial charge on any atom is 0.122 e. The van der Waals surface area contributed by atoms with E-state index in [0.717, 1.165) is 37.4 Å². The van der Waals surface area contributed by atoms with Crippen LogP contribution in [-0.4, -0.2) is 22.9 Å². The molecule has 0 spiro atoms. The van der Waals surface area contributed by atoms with Gasteiger partial charge in [-0.05, 0) is 30.2 Å². The molecular formula is C16H20ClN3O. The number of nitrogens with zero attached hydrogens (tertiary/aromatic N) is 2. The van der Waals surface area contributed by atoms with Crippen molar-refractivity contribution >= 4 is 11.6 Å². The van der Waals surface area contributed by atoms with Crippen LogP contribution in [0.2, 0.25) is 5.02 Å². The number of fused-ring (bicyclic) bond motifs is 1. The highest BCUT2D eigenvalue weighted by Crippen LogP contribution is 2.32. The fourth-order valence-electron chi connectivity index (χ4n) is 2.79. The number of benzene rings is 1. The molecule has 1 N–H and O–H groups in total. The summed E-state index contributed by atoms with van der Waals surface area (Å²) in [5.41, 5.74) is 3.48. The smallest absolute Gasteiger partial charge is 0.122 e.